The van der Waals surface area contributed by atoms with Crippen LogP contribution >= 0.6 is 0 Å². The number of allylic oxidation sites excluding steroid dienone is 1. The zero-order valence-electron chi connectivity index (χ0n) is 22.1. The smallest absolute Gasteiger partial charge is 0.153 e. The lowest BCUT2D eigenvalue weighted by molar-refractivity contribution is -0.125. The Morgan fingerprint density at radius 3 is 1.92 bits per heavy atom. The summed E-state index contributed by atoms with van der Waals surface area (Å²) in [5.41, 5.74) is 2.78. The summed E-state index contributed by atoms with van der Waals surface area (Å²) in [6.07, 6.45) is 6.52. The van der Waals surface area contributed by atoms with Crippen LogP contribution in [0.4, 0.5) is 0 Å². The summed E-state index contributed by atoms with van der Waals surface area (Å²) < 4.78 is 36.3. The van der Waals surface area contributed by atoms with Crippen molar-refractivity contribution in [3.8, 4) is 0 Å². The van der Waals surface area contributed by atoms with Crippen LogP contribution in [0.25, 0.3) is 0 Å². The molecule has 0 N–H and O–H groups in total. The Balaban J connectivity index is 2.15. The van der Waals surface area contributed by atoms with E-state index in [1.807, 2.05) is 93.6 Å². The Bertz CT molecular complexity index is 1090. The van der Waals surface area contributed by atoms with Crippen molar-refractivity contribution in [1.29, 1.82) is 0 Å². The highest BCUT2D eigenvalue weighted by molar-refractivity contribution is 7.91. The van der Waals surface area contributed by atoms with E-state index in [2.05, 4.69) is 0 Å². The number of benzene rings is 2. The molecule has 0 fully saturated rings. The first-order chi connectivity index (χ1) is 17.1. The molecule has 0 aliphatic heterocycles. The summed E-state index contributed by atoms with van der Waals surface area (Å²) in [5, 5.41) is -0.660. The molecule has 6 heteroatoms. The van der Waals surface area contributed by atoms with Crippen molar-refractivity contribution in [2.75, 3.05) is 6.26 Å². The van der Waals surface area contributed by atoms with E-state index in [0.29, 0.717) is 13.2 Å². The van der Waals surface area contributed by atoms with E-state index >= 15 is 0 Å². The number of Topliss-reactive ketones (excluding diaryl/α,β-unsaturated/α-hetero) is 1. The van der Waals surface area contributed by atoms with Crippen molar-refractivity contribution >= 4 is 15.6 Å². The fraction of sp³-hybridized carbons (Fsp3) is 0.433. The first-order valence-corrected chi connectivity index (χ1v) is 14.4. The largest absolute Gasteiger partial charge is 0.372 e. The Morgan fingerprint density at radius 2 is 1.42 bits per heavy atom. The minimum Gasteiger partial charge on any atom is -0.372 e. The third-order valence-corrected chi connectivity index (χ3v) is 7.69. The molecule has 196 valence electrons. The van der Waals surface area contributed by atoms with Crippen molar-refractivity contribution in [2.24, 2.45) is 5.92 Å². The fourth-order valence-electron chi connectivity index (χ4n) is 3.84. The van der Waals surface area contributed by atoms with Crippen LogP contribution < -0.4 is 0 Å². The third kappa shape index (κ3) is 10.6. The molecule has 0 amide bonds. The van der Waals surface area contributed by atoms with Gasteiger partial charge in [-0.25, -0.2) is 8.42 Å². The average molecular weight is 513 g/mol. The third-order valence-electron chi connectivity index (χ3n) is 6.21. The highest BCUT2D eigenvalue weighted by Crippen LogP contribution is 2.21. The second kappa shape index (κ2) is 14.9. The molecular weight excluding hydrogens is 472 g/mol. The molecule has 0 aromatic heterocycles. The van der Waals surface area contributed by atoms with Crippen LogP contribution in [0.1, 0.15) is 51.7 Å². The Morgan fingerprint density at radius 1 is 0.889 bits per heavy atom. The van der Waals surface area contributed by atoms with Gasteiger partial charge in [0.05, 0.1) is 30.7 Å². The lowest BCUT2D eigenvalue weighted by Crippen LogP contribution is -2.27. The van der Waals surface area contributed by atoms with Gasteiger partial charge in [-0.15, -0.1) is 0 Å². The molecule has 0 saturated heterocycles. The first-order valence-electron chi connectivity index (χ1n) is 12.4. The van der Waals surface area contributed by atoms with E-state index in [9.17, 15) is 13.2 Å². The van der Waals surface area contributed by atoms with Gasteiger partial charge in [-0.05, 0) is 37.5 Å². The number of ketones is 1. The van der Waals surface area contributed by atoms with Crippen LogP contribution in [0, 0.1) is 5.92 Å². The Labute approximate surface area is 217 Å². The highest BCUT2D eigenvalue weighted by Gasteiger charge is 2.24. The van der Waals surface area contributed by atoms with Crippen LogP contribution in [-0.2, 0) is 37.3 Å². The lowest BCUT2D eigenvalue weighted by Gasteiger charge is -2.24. The van der Waals surface area contributed by atoms with Gasteiger partial charge in [0.1, 0.15) is 5.78 Å². The molecule has 0 aliphatic rings. The standard InChI is InChI=1S/C30H40O5S/c1-6-13-23(2)29(34-21-26-14-9-7-10-15-26)19-28(31)20-30(24(3)18-25(4)36(5,32)33)35-22-27-16-11-8-12-17-27/h6-18,23,25,29-30H,19-22H2,1-5H3/b13-6+,24-18-/t23-,25-,29+,30+/m1/s1. The van der Waals surface area contributed by atoms with Gasteiger partial charge < -0.3 is 9.47 Å². The van der Waals surface area contributed by atoms with Crippen molar-refractivity contribution in [1.82, 2.24) is 0 Å². The monoisotopic (exact) mass is 512 g/mol. The molecule has 0 spiro atoms. The lowest BCUT2D eigenvalue weighted by atomic mass is 9.95. The van der Waals surface area contributed by atoms with Gasteiger partial charge in [0, 0.05) is 25.0 Å². The van der Waals surface area contributed by atoms with E-state index < -0.39 is 21.2 Å². The van der Waals surface area contributed by atoms with Gasteiger partial charge >= 0.3 is 0 Å². The number of hydrogen-bond donors (Lipinski definition) is 0. The number of carbonyl (C=O) groups is 1. The van der Waals surface area contributed by atoms with E-state index in [-0.39, 0.29) is 30.6 Å². The number of ether oxygens (including phenoxy) is 2. The number of sulfone groups is 1. The molecule has 0 radical (unpaired) electrons. The van der Waals surface area contributed by atoms with Gasteiger partial charge in [0.15, 0.2) is 9.84 Å². The summed E-state index contributed by atoms with van der Waals surface area (Å²) in [5.74, 6) is 0.0791. The minimum atomic E-state index is -3.24. The van der Waals surface area contributed by atoms with Crippen LogP contribution in [0.2, 0.25) is 0 Å². The zero-order valence-corrected chi connectivity index (χ0v) is 22.9. The summed E-state index contributed by atoms with van der Waals surface area (Å²) in [6, 6.07) is 19.6. The highest BCUT2D eigenvalue weighted by atomic mass is 32.2. The maximum absolute atomic E-state index is 13.3. The van der Waals surface area contributed by atoms with Crippen molar-refractivity contribution in [3.63, 3.8) is 0 Å². The molecule has 5 nitrogen and oxygen atoms in total. The van der Waals surface area contributed by atoms with Crippen molar-refractivity contribution in [2.45, 2.75) is 71.2 Å². The van der Waals surface area contributed by atoms with Gasteiger partial charge in [0.25, 0.3) is 0 Å². The summed E-state index contributed by atoms with van der Waals surface area (Å²) >= 11 is 0. The van der Waals surface area contributed by atoms with Crippen LogP contribution in [0.5, 0.6) is 0 Å². The van der Waals surface area contributed by atoms with E-state index in [4.69, 9.17) is 9.47 Å². The summed E-state index contributed by atoms with van der Waals surface area (Å²) in [4.78, 5) is 13.3. The molecule has 2 rings (SSSR count). The maximum atomic E-state index is 13.3. The fourth-order valence-corrected chi connectivity index (χ4v) is 4.30. The van der Waals surface area contributed by atoms with Gasteiger partial charge in [-0.3, -0.25) is 4.79 Å². The summed E-state index contributed by atoms with van der Waals surface area (Å²) in [7, 11) is -3.24. The second-order valence-corrected chi connectivity index (χ2v) is 11.8. The SMILES string of the molecule is C/C=C/[C@@H](C)[C@H](CC(=O)C[C@H](OCc1ccccc1)/C(C)=C\[C@@H](C)S(C)(=O)=O)OCc1ccccc1. The van der Waals surface area contributed by atoms with Gasteiger partial charge in [0.2, 0.25) is 0 Å². The van der Waals surface area contributed by atoms with Gasteiger partial charge in [-0.2, -0.15) is 0 Å². The van der Waals surface area contributed by atoms with E-state index in [1.54, 1.807) is 13.0 Å². The minimum absolute atomic E-state index is 0.0160. The molecule has 4 atom stereocenters. The molecule has 0 aliphatic carbocycles. The maximum Gasteiger partial charge on any atom is 0.153 e. The van der Waals surface area contributed by atoms with E-state index in [1.165, 1.54) is 6.26 Å². The van der Waals surface area contributed by atoms with Crippen LogP contribution in [0.15, 0.2) is 84.5 Å². The molecule has 0 heterocycles. The Kier molecular flexibility index (Phi) is 12.3. The number of hydrogen-bond acceptors (Lipinski definition) is 5. The molecule has 2 aromatic carbocycles. The quantitative estimate of drug-likeness (QED) is 0.270. The normalized spacial score (nSPS) is 16.0. The van der Waals surface area contributed by atoms with Gasteiger partial charge in [-0.1, -0.05) is 85.8 Å². The Hall–Kier alpha value is -2.54. The second-order valence-electron chi connectivity index (χ2n) is 9.40. The predicted octanol–water partition coefficient (Wildman–Crippen LogP) is 6.10. The van der Waals surface area contributed by atoms with Crippen molar-refractivity contribution < 1.29 is 22.7 Å². The van der Waals surface area contributed by atoms with Crippen molar-refractivity contribution in [3.05, 3.63) is 95.6 Å². The predicted molar refractivity (Wildman–Crippen MR) is 146 cm³/mol. The zero-order chi connectivity index (χ0) is 26.6. The molecule has 0 saturated carbocycles. The molecule has 0 unspecified atom stereocenters. The summed E-state index contributed by atoms with van der Waals surface area (Å²) in [6.45, 7) is 8.24. The first kappa shape index (κ1) is 29.7. The molecule has 0 bridgehead atoms. The number of carbonyl (C=O) groups excluding carboxylic acids is 1. The van der Waals surface area contributed by atoms with E-state index in [0.717, 1.165) is 16.7 Å². The molecular formula is C30H40O5S. The average Bonchev–Trinajstić information content (AvgIpc) is 2.85. The van der Waals surface area contributed by atoms with Crippen LogP contribution in [0.3, 0.4) is 0 Å². The van der Waals surface area contributed by atoms with Crippen LogP contribution in [-0.4, -0.2) is 37.9 Å². The number of rotatable bonds is 15. The molecule has 36 heavy (non-hydrogen) atoms. The molecule has 2 aromatic rings. The topological polar surface area (TPSA) is 69.7 Å².